The number of carbonyl (C=O) groups is 1. The molecule has 41 heavy (non-hydrogen) atoms. The van der Waals surface area contributed by atoms with E-state index in [1.54, 1.807) is 31.1 Å². The molecule has 2 atom stereocenters. The van der Waals surface area contributed by atoms with Crippen LogP contribution in [-0.2, 0) is 35.8 Å². The molecule has 7 rings (SSSR count). The summed E-state index contributed by atoms with van der Waals surface area (Å²) in [5, 5.41) is 7.72. The molecule has 1 amide bonds. The van der Waals surface area contributed by atoms with Gasteiger partial charge in [0.15, 0.2) is 0 Å². The molecule has 10 nitrogen and oxygen atoms in total. The number of fused-ring (bicyclic) bond motifs is 4. The van der Waals surface area contributed by atoms with Gasteiger partial charge in [0.1, 0.15) is 5.65 Å². The predicted octanol–water partition coefficient (Wildman–Crippen LogP) is 4.42. The average molecular weight is 558 g/mol. The fraction of sp³-hybridized carbons (Fsp3) is 0.400. The zero-order valence-corrected chi connectivity index (χ0v) is 23.7. The van der Waals surface area contributed by atoms with E-state index in [4.69, 9.17) is 9.72 Å². The van der Waals surface area contributed by atoms with Gasteiger partial charge in [-0.1, -0.05) is 12.1 Å². The maximum absolute atomic E-state index is 15.2. The van der Waals surface area contributed by atoms with Crippen molar-refractivity contribution in [3.63, 3.8) is 0 Å². The van der Waals surface area contributed by atoms with Gasteiger partial charge in [0.25, 0.3) is 0 Å². The molecule has 0 bridgehead atoms. The number of rotatable bonds is 4. The number of carbonyl (C=O) groups excluding carboxylic acids is 1. The highest BCUT2D eigenvalue weighted by atomic mass is 19.1. The summed E-state index contributed by atoms with van der Waals surface area (Å²) >= 11 is 0. The number of aryl methyl sites for hydroxylation is 2. The Morgan fingerprint density at radius 3 is 2.78 bits per heavy atom. The molecular formula is C30H32FN7O3. The molecular weight excluding hydrogens is 525 g/mol. The van der Waals surface area contributed by atoms with Gasteiger partial charge in [-0.05, 0) is 55.9 Å². The van der Waals surface area contributed by atoms with Crippen LogP contribution in [0.3, 0.4) is 0 Å². The van der Waals surface area contributed by atoms with Crippen molar-refractivity contribution in [1.29, 1.82) is 0 Å². The second kappa shape index (κ2) is 8.87. The highest BCUT2D eigenvalue weighted by Gasteiger charge is 2.34. The van der Waals surface area contributed by atoms with Gasteiger partial charge in [-0.3, -0.25) is 18.6 Å². The number of hydrogen-bond acceptors (Lipinski definition) is 5. The van der Waals surface area contributed by atoms with Crippen molar-refractivity contribution in [3.05, 3.63) is 58.2 Å². The number of hydrogen-bond donors (Lipinski definition) is 2. The van der Waals surface area contributed by atoms with Crippen LogP contribution in [0.25, 0.3) is 44.5 Å². The molecule has 0 spiro atoms. The van der Waals surface area contributed by atoms with Crippen LogP contribution >= 0.6 is 0 Å². The number of aromatic nitrogens is 6. The Hall–Kier alpha value is -4.25. The monoisotopic (exact) mass is 557 g/mol. The molecule has 2 aliphatic rings. The summed E-state index contributed by atoms with van der Waals surface area (Å²) in [6.07, 6.45) is 5.53. The molecule has 2 N–H and O–H groups in total. The standard InChI is InChI=1S/C30H32FN7O3/c1-15(39)33-18-7-8-19(11-18)38-26-22(37(5)29(38)40)12-32-28-24(26)23(25(34-28)20-13-36(4)35-27(20)31)16-6-9-21-17(10-16)14-41-30(21,2)3/h6,9-10,12-13,18-19H,7-8,11,14H2,1-5H3,(H,32,34)(H,33,39)/t18-,19-/m1/s1. The SMILES string of the molecule is CC(=O)N[C@@H]1CC[C@@H](n2c(=O)n(C)c3cnc4[nH]c(-c5cn(C)nc5F)c(-c5ccc6c(c5)COC6(C)C)c4c32)C1. The highest BCUT2D eigenvalue weighted by Crippen LogP contribution is 2.45. The lowest BCUT2D eigenvalue weighted by atomic mass is 9.91. The summed E-state index contributed by atoms with van der Waals surface area (Å²) in [5.74, 6) is -0.672. The number of pyridine rings is 1. The second-order valence-corrected chi connectivity index (χ2v) is 11.8. The number of halogens is 1. The van der Waals surface area contributed by atoms with Gasteiger partial charge in [-0.2, -0.15) is 4.39 Å². The number of imidazole rings is 1. The quantitative estimate of drug-likeness (QED) is 0.340. The van der Waals surface area contributed by atoms with Gasteiger partial charge in [0, 0.05) is 44.9 Å². The first-order chi connectivity index (χ1) is 19.5. The molecule has 5 heterocycles. The Kier molecular flexibility index (Phi) is 5.56. The van der Waals surface area contributed by atoms with Crippen LogP contribution in [0.2, 0.25) is 0 Å². The van der Waals surface area contributed by atoms with Crippen molar-refractivity contribution in [1.82, 2.24) is 34.2 Å². The van der Waals surface area contributed by atoms with E-state index in [1.165, 1.54) is 11.6 Å². The van der Waals surface area contributed by atoms with E-state index in [9.17, 15) is 9.59 Å². The first-order valence-corrected chi connectivity index (χ1v) is 13.9. The van der Waals surface area contributed by atoms with E-state index < -0.39 is 11.5 Å². The van der Waals surface area contributed by atoms with Gasteiger partial charge in [0.2, 0.25) is 11.9 Å². The Morgan fingerprint density at radius 2 is 2.05 bits per heavy atom. The molecule has 1 aromatic carbocycles. The van der Waals surface area contributed by atoms with Crippen molar-refractivity contribution < 1.29 is 13.9 Å². The van der Waals surface area contributed by atoms with Crippen molar-refractivity contribution in [2.45, 2.75) is 64.3 Å². The summed E-state index contributed by atoms with van der Waals surface area (Å²) in [6, 6.07) is 6.09. The summed E-state index contributed by atoms with van der Waals surface area (Å²) in [6.45, 7) is 6.09. The molecule has 1 fully saturated rings. The van der Waals surface area contributed by atoms with E-state index in [-0.39, 0.29) is 23.7 Å². The number of amides is 1. The third-order valence-electron chi connectivity index (χ3n) is 8.73. The summed E-state index contributed by atoms with van der Waals surface area (Å²) in [7, 11) is 3.43. The fourth-order valence-electron chi connectivity index (χ4n) is 6.84. The van der Waals surface area contributed by atoms with E-state index in [2.05, 4.69) is 27.5 Å². The first-order valence-electron chi connectivity index (χ1n) is 13.9. The van der Waals surface area contributed by atoms with Gasteiger partial charge in [-0.25, -0.2) is 9.78 Å². The van der Waals surface area contributed by atoms with Gasteiger partial charge in [-0.15, -0.1) is 5.10 Å². The lowest BCUT2D eigenvalue weighted by Crippen LogP contribution is -2.31. The van der Waals surface area contributed by atoms with Crippen molar-refractivity contribution in [2.75, 3.05) is 0 Å². The number of aromatic amines is 1. The Morgan fingerprint density at radius 1 is 1.24 bits per heavy atom. The summed E-state index contributed by atoms with van der Waals surface area (Å²) < 4.78 is 26.2. The van der Waals surface area contributed by atoms with E-state index in [1.807, 2.05) is 24.5 Å². The van der Waals surface area contributed by atoms with Crippen LogP contribution < -0.4 is 11.0 Å². The van der Waals surface area contributed by atoms with Crippen LogP contribution in [0, 0.1) is 5.95 Å². The van der Waals surface area contributed by atoms with Crippen molar-refractivity contribution in [2.24, 2.45) is 14.1 Å². The lowest BCUT2D eigenvalue weighted by Gasteiger charge is -2.18. The molecule has 212 valence electrons. The lowest BCUT2D eigenvalue weighted by molar-refractivity contribution is -0.119. The van der Waals surface area contributed by atoms with Crippen LogP contribution in [0.5, 0.6) is 0 Å². The number of H-pyrrole nitrogens is 1. The van der Waals surface area contributed by atoms with Crippen molar-refractivity contribution in [3.8, 4) is 22.4 Å². The molecule has 11 heteroatoms. The molecule has 0 saturated heterocycles. The second-order valence-electron chi connectivity index (χ2n) is 11.8. The van der Waals surface area contributed by atoms with Gasteiger partial charge in [0.05, 0.1) is 46.1 Å². The molecule has 1 saturated carbocycles. The Balaban J connectivity index is 1.54. The van der Waals surface area contributed by atoms with Gasteiger partial charge >= 0.3 is 5.69 Å². The van der Waals surface area contributed by atoms with Crippen LogP contribution in [0.15, 0.2) is 35.4 Å². The minimum Gasteiger partial charge on any atom is -0.366 e. The highest BCUT2D eigenvalue weighted by molar-refractivity contribution is 6.14. The molecule has 1 aliphatic carbocycles. The number of ether oxygens (including phenoxy) is 1. The first kappa shape index (κ1) is 25.7. The smallest absolute Gasteiger partial charge is 0.329 e. The number of benzene rings is 1. The zero-order valence-electron chi connectivity index (χ0n) is 23.7. The van der Waals surface area contributed by atoms with E-state index >= 15 is 4.39 Å². The average Bonchev–Trinajstić information content (AvgIpc) is 3.71. The van der Waals surface area contributed by atoms with Crippen LogP contribution in [-0.4, -0.2) is 40.8 Å². The van der Waals surface area contributed by atoms with Gasteiger partial charge < -0.3 is 15.0 Å². The normalized spacial score (nSPS) is 19.9. The fourth-order valence-corrected chi connectivity index (χ4v) is 6.84. The molecule has 0 unspecified atom stereocenters. The van der Waals surface area contributed by atoms with Crippen molar-refractivity contribution >= 4 is 28.0 Å². The largest absolute Gasteiger partial charge is 0.366 e. The Labute approximate surface area is 235 Å². The molecule has 0 radical (unpaired) electrons. The Bertz CT molecular complexity index is 1940. The minimum absolute atomic E-state index is 0.00259. The predicted molar refractivity (Wildman–Crippen MR) is 153 cm³/mol. The maximum atomic E-state index is 15.2. The molecule has 4 aromatic heterocycles. The van der Waals surface area contributed by atoms with Crippen LogP contribution in [0.1, 0.15) is 57.2 Å². The number of nitrogens with one attached hydrogen (secondary N) is 2. The number of nitrogens with zero attached hydrogens (tertiary/aromatic N) is 5. The topological polar surface area (TPSA) is 112 Å². The summed E-state index contributed by atoms with van der Waals surface area (Å²) in [4.78, 5) is 33.6. The van der Waals surface area contributed by atoms with E-state index in [0.717, 1.165) is 46.0 Å². The molecule has 1 aliphatic heterocycles. The molecule has 5 aromatic rings. The maximum Gasteiger partial charge on any atom is 0.329 e. The minimum atomic E-state index is -0.596. The zero-order chi connectivity index (χ0) is 28.8. The third kappa shape index (κ3) is 3.86. The third-order valence-corrected chi connectivity index (χ3v) is 8.73. The van der Waals surface area contributed by atoms with E-state index in [0.29, 0.717) is 35.4 Å². The van der Waals surface area contributed by atoms with Crippen LogP contribution in [0.4, 0.5) is 4.39 Å². The summed E-state index contributed by atoms with van der Waals surface area (Å²) in [5.41, 5.74) is 6.13.